The molecule has 0 aliphatic carbocycles. The number of carbonyl (C=O) groups is 2. The first kappa shape index (κ1) is 10.6. The molecule has 0 aliphatic rings. The predicted molar refractivity (Wildman–Crippen MR) is 44.3 cm³/mol. The van der Waals surface area contributed by atoms with Crippen LogP contribution in [-0.2, 0) is 9.59 Å². The van der Waals surface area contributed by atoms with Crippen LogP contribution in [0.4, 0.5) is 0 Å². The van der Waals surface area contributed by atoms with Crippen LogP contribution in [0.25, 0.3) is 0 Å². The Hall–Kier alpha value is -1.45. The average molecular weight is 169 g/mol. The van der Waals surface area contributed by atoms with E-state index >= 15 is 0 Å². The smallest absolute Gasteiger partial charge is 0.312 e. The van der Waals surface area contributed by atoms with Crippen molar-refractivity contribution in [3.8, 4) is 0 Å². The Morgan fingerprint density at radius 3 is 2.42 bits per heavy atom. The van der Waals surface area contributed by atoms with Gasteiger partial charge in [-0.05, 0) is 12.5 Å². The van der Waals surface area contributed by atoms with Crippen LogP contribution in [-0.4, -0.2) is 22.6 Å². The molecule has 4 heteroatoms. The molecule has 0 radical (unpaired) electrons. The summed E-state index contributed by atoms with van der Waals surface area (Å²) in [4.78, 5) is 21.3. The molecule has 1 unspecified atom stereocenters. The maximum Gasteiger partial charge on any atom is 0.312 e. The first-order valence-electron chi connectivity index (χ1n) is 3.52. The molecule has 0 rings (SSSR count). The highest BCUT2D eigenvalue weighted by atomic mass is 16.4. The normalized spacial score (nSPS) is 11.8. The SMILES string of the molecule is C=CC(=O)C(=N)C(CC)C(=O)O. The summed E-state index contributed by atoms with van der Waals surface area (Å²) in [6.45, 7) is 4.79. The molecule has 0 bridgehead atoms. The molecule has 0 spiro atoms. The van der Waals surface area contributed by atoms with E-state index in [1.54, 1.807) is 6.92 Å². The zero-order valence-corrected chi connectivity index (χ0v) is 6.83. The molecule has 0 aromatic rings. The number of carboxylic acid groups (broad SMARTS) is 1. The van der Waals surface area contributed by atoms with Crippen molar-refractivity contribution in [3.05, 3.63) is 12.7 Å². The van der Waals surface area contributed by atoms with Crippen LogP contribution < -0.4 is 0 Å². The minimum absolute atomic E-state index is 0.244. The fraction of sp³-hybridized carbons (Fsp3) is 0.375. The fourth-order valence-corrected chi connectivity index (χ4v) is 0.784. The summed E-state index contributed by atoms with van der Waals surface area (Å²) in [6.07, 6.45) is 1.20. The van der Waals surface area contributed by atoms with Crippen LogP contribution in [0, 0.1) is 11.3 Å². The average Bonchev–Trinajstić information content (AvgIpc) is 2.03. The van der Waals surface area contributed by atoms with Crippen LogP contribution in [0.5, 0.6) is 0 Å². The minimum Gasteiger partial charge on any atom is -0.481 e. The molecule has 0 fully saturated rings. The topological polar surface area (TPSA) is 78.2 Å². The van der Waals surface area contributed by atoms with Crippen molar-refractivity contribution in [2.24, 2.45) is 5.92 Å². The van der Waals surface area contributed by atoms with Crippen LogP contribution >= 0.6 is 0 Å². The molecule has 0 saturated heterocycles. The summed E-state index contributed by atoms with van der Waals surface area (Å²) < 4.78 is 0. The van der Waals surface area contributed by atoms with Crippen molar-refractivity contribution in [2.45, 2.75) is 13.3 Å². The largest absolute Gasteiger partial charge is 0.481 e. The van der Waals surface area contributed by atoms with Crippen molar-refractivity contribution in [1.29, 1.82) is 5.41 Å². The molecule has 0 saturated carbocycles. The maximum absolute atomic E-state index is 10.8. The Labute approximate surface area is 70.4 Å². The van der Waals surface area contributed by atoms with Gasteiger partial charge in [0.15, 0.2) is 5.78 Å². The first-order chi connectivity index (χ1) is 5.54. The van der Waals surface area contributed by atoms with Gasteiger partial charge in [-0.2, -0.15) is 0 Å². The molecular weight excluding hydrogens is 158 g/mol. The third kappa shape index (κ3) is 2.30. The highest BCUT2D eigenvalue weighted by Crippen LogP contribution is 2.05. The van der Waals surface area contributed by atoms with E-state index in [-0.39, 0.29) is 6.42 Å². The summed E-state index contributed by atoms with van der Waals surface area (Å²) >= 11 is 0. The van der Waals surface area contributed by atoms with Crippen LogP contribution in [0.2, 0.25) is 0 Å². The lowest BCUT2D eigenvalue weighted by molar-refractivity contribution is -0.139. The van der Waals surface area contributed by atoms with Crippen LogP contribution in [0.3, 0.4) is 0 Å². The van der Waals surface area contributed by atoms with Crippen LogP contribution in [0.1, 0.15) is 13.3 Å². The summed E-state index contributed by atoms with van der Waals surface area (Å²) in [6, 6.07) is 0. The van der Waals surface area contributed by atoms with Crippen molar-refractivity contribution < 1.29 is 14.7 Å². The minimum atomic E-state index is -1.14. The van der Waals surface area contributed by atoms with E-state index in [9.17, 15) is 9.59 Å². The maximum atomic E-state index is 10.8. The van der Waals surface area contributed by atoms with Crippen molar-refractivity contribution in [1.82, 2.24) is 0 Å². The standard InChI is InChI=1S/C8H11NO3/c1-3-5(8(11)12)7(9)6(10)4-2/h4-5,9H,2-3H2,1H3,(H,11,12). The lowest BCUT2D eigenvalue weighted by Gasteiger charge is -2.07. The molecular formula is C8H11NO3. The first-order valence-corrected chi connectivity index (χ1v) is 3.52. The zero-order chi connectivity index (χ0) is 9.72. The van der Waals surface area contributed by atoms with Gasteiger partial charge in [0, 0.05) is 0 Å². The molecule has 2 N–H and O–H groups in total. The van der Waals surface area contributed by atoms with Gasteiger partial charge < -0.3 is 10.5 Å². The van der Waals surface area contributed by atoms with Gasteiger partial charge in [0.25, 0.3) is 0 Å². The van der Waals surface area contributed by atoms with Gasteiger partial charge in [-0.15, -0.1) is 0 Å². The zero-order valence-electron chi connectivity index (χ0n) is 6.83. The van der Waals surface area contributed by atoms with Gasteiger partial charge >= 0.3 is 5.97 Å². The van der Waals surface area contributed by atoms with Crippen molar-refractivity contribution in [2.75, 3.05) is 0 Å². The summed E-state index contributed by atoms with van der Waals surface area (Å²) in [5.41, 5.74) is -0.403. The second-order valence-corrected chi connectivity index (χ2v) is 2.28. The molecule has 0 aromatic heterocycles. The van der Waals surface area contributed by atoms with Gasteiger partial charge in [-0.3, -0.25) is 9.59 Å². The molecule has 0 aromatic carbocycles. The van der Waals surface area contributed by atoms with E-state index in [1.165, 1.54) is 0 Å². The molecule has 12 heavy (non-hydrogen) atoms. The molecule has 0 heterocycles. The molecule has 0 amide bonds. The van der Waals surface area contributed by atoms with Crippen LogP contribution in [0.15, 0.2) is 12.7 Å². The van der Waals surface area contributed by atoms with E-state index in [1.807, 2.05) is 0 Å². The highest BCUT2D eigenvalue weighted by molar-refractivity contribution is 6.45. The van der Waals surface area contributed by atoms with Crippen molar-refractivity contribution >= 4 is 17.5 Å². The van der Waals surface area contributed by atoms with Gasteiger partial charge in [0.05, 0.1) is 5.71 Å². The lowest BCUT2D eigenvalue weighted by atomic mass is 9.97. The van der Waals surface area contributed by atoms with E-state index in [0.717, 1.165) is 6.08 Å². The van der Waals surface area contributed by atoms with Gasteiger partial charge in [0.2, 0.25) is 0 Å². The van der Waals surface area contributed by atoms with Gasteiger partial charge in [-0.25, -0.2) is 0 Å². The van der Waals surface area contributed by atoms with E-state index < -0.39 is 23.4 Å². The lowest BCUT2D eigenvalue weighted by Crippen LogP contribution is -2.27. The van der Waals surface area contributed by atoms with E-state index in [4.69, 9.17) is 10.5 Å². The Morgan fingerprint density at radius 2 is 2.17 bits per heavy atom. The number of carbonyl (C=O) groups excluding carboxylic acids is 1. The number of nitrogens with one attached hydrogen (secondary N) is 1. The van der Waals surface area contributed by atoms with Gasteiger partial charge in [-0.1, -0.05) is 13.5 Å². The third-order valence-corrected chi connectivity index (χ3v) is 1.51. The number of allylic oxidation sites excluding steroid dienone is 1. The fourth-order valence-electron chi connectivity index (χ4n) is 0.784. The molecule has 66 valence electrons. The number of rotatable bonds is 5. The van der Waals surface area contributed by atoms with E-state index in [2.05, 4.69) is 6.58 Å². The molecule has 1 atom stereocenters. The Kier molecular flexibility index (Phi) is 3.90. The summed E-state index contributed by atoms with van der Waals surface area (Å²) in [5, 5.41) is 15.7. The second kappa shape index (κ2) is 4.43. The number of hydrogen-bond donors (Lipinski definition) is 2. The predicted octanol–water partition coefficient (Wildman–Crippen LogP) is 0.872. The van der Waals surface area contributed by atoms with E-state index in [0.29, 0.717) is 0 Å². The highest BCUT2D eigenvalue weighted by Gasteiger charge is 2.23. The third-order valence-electron chi connectivity index (χ3n) is 1.51. The molecule has 0 aliphatic heterocycles. The van der Waals surface area contributed by atoms with Gasteiger partial charge in [0.1, 0.15) is 5.92 Å². The van der Waals surface area contributed by atoms with Crippen molar-refractivity contribution in [3.63, 3.8) is 0 Å². The second-order valence-electron chi connectivity index (χ2n) is 2.28. The Morgan fingerprint density at radius 1 is 1.67 bits per heavy atom. The summed E-state index contributed by atoms with van der Waals surface area (Å²) in [5.74, 6) is -2.77. The monoisotopic (exact) mass is 169 g/mol. The number of aliphatic carboxylic acids is 1. The number of carboxylic acids is 1. The quantitative estimate of drug-likeness (QED) is 0.473. The number of ketones is 1. The number of hydrogen-bond acceptors (Lipinski definition) is 3. The summed E-state index contributed by atoms with van der Waals surface area (Å²) in [7, 11) is 0. The molecule has 4 nitrogen and oxygen atoms in total. The Balaban J connectivity index is 4.53. The Bertz CT molecular complexity index is 232.